The number of nitrogens with one attached hydrogen (secondary N) is 1. The molecule has 1 aromatic carbocycles. The number of aromatic nitrogens is 3. The molecule has 0 radical (unpaired) electrons. The first-order chi connectivity index (χ1) is 11.5. The van der Waals surface area contributed by atoms with Gasteiger partial charge in [0.25, 0.3) is 5.91 Å². The highest BCUT2D eigenvalue weighted by Gasteiger charge is 2.11. The zero-order valence-corrected chi connectivity index (χ0v) is 15.2. The van der Waals surface area contributed by atoms with E-state index >= 15 is 0 Å². The SMILES string of the molecule is Cn1cc(-c2ccc(CNC(=O)c3cc(Br)ccc3Cl)cn2)cn1. The van der Waals surface area contributed by atoms with E-state index in [-0.39, 0.29) is 5.91 Å². The van der Waals surface area contributed by atoms with Crippen molar-refractivity contribution in [3.05, 3.63) is 69.5 Å². The van der Waals surface area contributed by atoms with E-state index in [9.17, 15) is 4.79 Å². The van der Waals surface area contributed by atoms with Crippen LogP contribution in [0.5, 0.6) is 0 Å². The smallest absolute Gasteiger partial charge is 0.253 e. The van der Waals surface area contributed by atoms with Gasteiger partial charge >= 0.3 is 0 Å². The lowest BCUT2D eigenvalue weighted by atomic mass is 10.2. The molecule has 7 heteroatoms. The molecule has 0 aliphatic carbocycles. The Morgan fingerprint density at radius 3 is 2.79 bits per heavy atom. The van der Waals surface area contributed by atoms with Crippen molar-refractivity contribution in [2.75, 3.05) is 0 Å². The lowest BCUT2D eigenvalue weighted by Crippen LogP contribution is -2.23. The number of nitrogens with zero attached hydrogens (tertiary/aromatic N) is 3. The fourth-order valence-electron chi connectivity index (χ4n) is 2.20. The van der Waals surface area contributed by atoms with Crippen LogP contribution in [0.25, 0.3) is 11.3 Å². The van der Waals surface area contributed by atoms with Crippen LogP contribution in [0.15, 0.2) is 53.4 Å². The first-order valence-electron chi connectivity index (χ1n) is 7.20. The van der Waals surface area contributed by atoms with E-state index in [1.165, 1.54) is 0 Å². The average Bonchev–Trinajstić information content (AvgIpc) is 3.02. The van der Waals surface area contributed by atoms with E-state index in [0.717, 1.165) is 21.3 Å². The standard InChI is InChI=1S/C17H14BrClN4O/c1-23-10-12(9-22-23)16-5-2-11(7-20-16)8-21-17(24)14-6-13(18)3-4-15(14)19/h2-7,9-10H,8H2,1H3,(H,21,24). The molecule has 0 saturated carbocycles. The normalized spacial score (nSPS) is 10.6. The Morgan fingerprint density at radius 2 is 2.12 bits per heavy atom. The number of rotatable bonds is 4. The van der Waals surface area contributed by atoms with Crippen LogP contribution in [-0.4, -0.2) is 20.7 Å². The van der Waals surface area contributed by atoms with E-state index in [1.807, 2.05) is 25.4 Å². The Labute approximate surface area is 152 Å². The highest BCUT2D eigenvalue weighted by molar-refractivity contribution is 9.10. The molecule has 3 aromatic rings. The van der Waals surface area contributed by atoms with Crippen molar-refractivity contribution >= 4 is 33.4 Å². The van der Waals surface area contributed by atoms with Crippen molar-refractivity contribution in [1.29, 1.82) is 0 Å². The maximum atomic E-state index is 12.2. The summed E-state index contributed by atoms with van der Waals surface area (Å²) in [6.07, 6.45) is 5.41. The van der Waals surface area contributed by atoms with E-state index < -0.39 is 0 Å². The van der Waals surface area contributed by atoms with Gasteiger partial charge in [-0.05, 0) is 29.8 Å². The number of hydrogen-bond acceptors (Lipinski definition) is 3. The van der Waals surface area contributed by atoms with Crippen LogP contribution in [0.4, 0.5) is 0 Å². The van der Waals surface area contributed by atoms with Crippen LogP contribution in [0.3, 0.4) is 0 Å². The van der Waals surface area contributed by atoms with Crippen LogP contribution >= 0.6 is 27.5 Å². The minimum absolute atomic E-state index is 0.224. The molecule has 122 valence electrons. The second-order valence-corrected chi connectivity index (χ2v) is 6.58. The Hall–Kier alpha value is -2.18. The summed E-state index contributed by atoms with van der Waals surface area (Å²) in [5.74, 6) is -0.224. The predicted octanol–water partition coefficient (Wildman–Crippen LogP) is 3.83. The maximum Gasteiger partial charge on any atom is 0.253 e. The molecule has 3 rings (SSSR count). The molecule has 2 heterocycles. The number of carbonyl (C=O) groups is 1. The van der Waals surface area contributed by atoms with Crippen molar-refractivity contribution in [2.45, 2.75) is 6.54 Å². The molecular formula is C17H14BrClN4O. The summed E-state index contributed by atoms with van der Waals surface area (Å²) in [5, 5.41) is 7.39. The van der Waals surface area contributed by atoms with E-state index in [4.69, 9.17) is 11.6 Å². The minimum atomic E-state index is -0.224. The number of aryl methyl sites for hydroxylation is 1. The van der Waals surface area contributed by atoms with Gasteiger partial charge in [-0.2, -0.15) is 5.10 Å². The third-order valence-corrected chi connectivity index (χ3v) is 4.27. The Morgan fingerprint density at radius 1 is 1.29 bits per heavy atom. The molecular weight excluding hydrogens is 392 g/mol. The number of hydrogen-bond donors (Lipinski definition) is 1. The molecule has 1 N–H and O–H groups in total. The van der Waals surface area contributed by atoms with Crippen LogP contribution in [0, 0.1) is 0 Å². The fourth-order valence-corrected chi connectivity index (χ4v) is 2.77. The zero-order valence-electron chi connectivity index (χ0n) is 12.8. The van der Waals surface area contributed by atoms with Crippen molar-refractivity contribution in [3.63, 3.8) is 0 Å². The first-order valence-corrected chi connectivity index (χ1v) is 8.37. The lowest BCUT2D eigenvalue weighted by molar-refractivity contribution is 0.0951. The molecule has 24 heavy (non-hydrogen) atoms. The van der Waals surface area contributed by atoms with Crippen LogP contribution in [0.2, 0.25) is 5.02 Å². The van der Waals surface area contributed by atoms with Gasteiger partial charge < -0.3 is 5.32 Å². The summed E-state index contributed by atoms with van der Waals surface area (Å²) in [6, 6.07) is 9.01. The number of halogens is 2. The van der Waals surface area contributed by atoms with Crippen molar-refractivity contribution in [3.8, 4) is 11.3 Å². The molecule has 5 nitrogen and oxygen atoms in total. The summed E-state index contributed by atoms with van der Waals surface area (Å²) in [6.45, 7) is 0.377. The third kappa shape index (κ3) is 3.83. The number of benzene rings is 1. The van der Waals surface area contributed by atoms with Crippen LogP contribution in [0.1, 0.15) is 15.9 Å². The Bertz CT molecular complexity index is 877. The molecule has 0 saturated heterocycles. The van der Waals surface area contributed by atoms with Gasteiger partial charge in [0.15, 0.2) is 0 Å². The Kier molecular flexibility index (Phi) is 4.97. The summed E-state index contributed by atoms with van der Waals surface area (Å²) in [7, 11) is 1.86. The Balaban J connectivity index is 1.66. The second-order valence-electron chi connectivity index (χ2n) is 5.26. The van der Waals surface area contributed by atoms with E-state index in [2.05, 4.69) is 31.3 Å². The summed E-state index contributed by atoms with van der Waals surface area (Å²) < 4.78 is 2.53. The molecule has 0 fully saturated rings. The molecule has 0 bridgehead atoms. The molecule has 0 spiro atoms. The molecule has 0 aliphatic rings. The fraction of sp³-hybridized carbons (Fsp3) is 0.118. The lowest BCUT2D eigenvalue weighted by Gasteiger charge is -2.07. The van der Waals surface area contributed by atoms with Gasteiger partial charge in [0.2, 0.25) is 0 Å². The highest BCUT2D eigenvalue weighted by Crippen LogP contribution is 2.21. The predicted molar refractivity (Wildman–Crippen MR) is 96.8 cm³/mol. The number of carbonyl (C=O) groups excluding carboxylic acids is 1. The minimum Gasteiger partial charge on any atom is -0.348 e. The quantitative estimate of drug-likeness (QED) is 0.717. The maximum absolute atomic E-state index is 12.2. The van der Waals surface area contributed by atoms with Gasteiger partial charge in [-0.1, -0.05) is 33.6 Å². The van der Waals surface area contributed by atoms with Crippen LogP contribution < -0.4 is 5.32 Å². The number of pyridine rings is 1. The zero-order chi connectivity index (χ0) is 17.1. The van der Waals surface area contributed by atoms with Gasteiger partial charge in [-0.3, -0.25) is 14.5 Å². The summed E-state index contributed by atoms with van der Waals surface area (Å²) in [5.41, 5.74) is 3.13. The first kappa shape index (κ1) is 16.7. The van der Waals surface area contributed by atoms with Gasteiger partial charge in [0.1, 0.15) is 0 Å². The van der Waals surface area contributed by atoms with Crippen molar-refractivity contribution in [1.82, 2.24) is 20.1 Å². The summed E-state index contributed by atoms with van der Waals surface area (Å²) in [4.78, 5) is 16.6. The monoisotopic (exact) mass is 404 g/mol. The highest BCUT2D eigenvalue weighted by atomic mass is 79.9. The van der Waals surface area contributed by atoms with Gasteiger partial charge in [0.05, 0.1) is 22.5 Å². The van der Waals surface area contributed by atoms with Crippen molar-refractivity contribution in [2.24, 2.45) is 7.05 Å². The van der Waals surface area contributed by atoms with E-state index in [0.29, 0.717) is 17.1 Å². The second kappa shape index (κ2) is 7.15. The van der Waals surface area contributed by atoms with Crippen molar-refractivity contribution < 1.29 is 4.79 Å². The average molecular weight is 406 g/mol. The molecule has 0 atom stereocenters. The largest absolute Gasteiger partial charge is 0.348 e. The molecule has 0 unspecified atom stereocenters. The summed E-state index contributed by atoms with van der Waals surface area (Å²) >= 11 is 9.40. The molecule has 0 aliphatic heterocycles. The topological polar surface area (TPSA) is 59.8 Å². The van der Waals surface area contributed by atoms with E-state index in [1.54, 1.807) is 35.3 Å². The third-order valence-electron chi connectivity index (χ3n) is 3.45. The van der Waals surface area contributed by atoms with Gasteiger partial charge in [-0.15, -0.1) is 0 Å². The van der Waals surface area contributed by atoms with Gasteiger partial charge in [0, 0.05) is 36.0 Å². The molecule has 2 aromatic heterocycles. The molecule has 1 amide bonds. The van der Waals surface area contributed by atoms with Crippen LogP contribution in [-0.2, 0) is 13.6 Å². The van der Waals surface area contributed by atoms with Gasteiger partial charge in [-0.25, -0.2) is 0 Å². The number of amides is 1.